The van der Waals surface area contributed by atoms with Gasteiger partial charge in [0.15, 0.2) is 0 Å². The minimum Gasteiger partial charge on any atom is -0.380 e. The minimum absolute atomic E-state index is 0.125. The number of unbranched alkanes of at least 4 members (excludes halogenated alkanes) is 1. The van der Waals surface area contributed by atoms with E-state index in [-0.39, 0.29) is 23.9 Å². The highest BCUT2D eigenvalue weighted by atomic mass is 16.5. The zero-order valence-electron chi connectivity index (χ0n) is 13.3. The highest BCUT2D eigenvalue weighted by Gasteiger charge is 2.45. The maximum absolute atomic E-state index is 12.7. The van der Waals surface area contributed by atoms with Crippen molar-refractivity contribution in [2.75, 3.05) is 26.3 Å². The lowest BCUT2D eigenvalue weighted by Crippen LogP contribution is -2.66. The average molecular weight is 296 g/mol. The third-order valence-corrected chi connectivity index (χ3v) is 4.52. The lowest BCUT2D eigenvalue weighted by Gasteiger charge is -2.46. The van der Waals surface area contributed by atoms with Gasteiger partial charge in [0, 0.05) is 19.7 Å². The summed E-state index contributed by atoms with van der Waals surface area (Å²) < 4.78 is 5.57. The van der Waals surface area contributed by atoms with Crippen molar-refractivity contribution in [2.24, 2.45) is 0 Å². The molecule has 0 bridgehead atoms. The van der Waals surface area contributed by atoms with Crippen molar-refractivity contribution in [3.8, 4) is 0 Å². The summed E-state index contributed by atoms with van der Waals surface area (Å²) in [6.07, 6.45) is 5.71. The van der Waals surface area contributed by atoms with Gasteiger partial charge in [0.05, 0.1) is 6.61 Å². The van der Waals surface area contributed by atoms with Crippen LogP contribution >= 0.6 is 0 Å². The SMILES string of the molecule is CCCCOCCN1C(=O)C2CCCCN2C(=O)C1CC. The first-order valence-electron chi connectivity index (χ1n) is 8.39. The van der Waals surface area contributed by atoms with Gasteiger partial charge in [-0.15, -0.1) is 0 Å². The van der Waals surface area contributed by atoms with Crippen LogP contribution in [-0.4, -0.2) is 60.0 Å². The Labute approximate surface area is 127 Å². The monoisotopic (exact) mass is 296 g/mol. The molecular weight excluding hydrogens is 268 g/mol. The molecule has 2 fully saturated rings. The molecule has 2 amide bonds. The van der Waals surface area contributed by atoms with E-state index in [1.807, 2.05) is 11.8 Å². The highest BCUT2D eigenvalue weighted by molar-refractivity contribution is 5.97. The van der Waals surface area contributed by atoms with Gasteiger partial charge in [-0.3, -0.25) is 9.59 Å². The summed E-state index contributed by atoms with van der Waals surface area (Å²) in [6.45, 7) is 6.65. The largest absolute Gasteiger partial charge is 0.380 e. The molecule has 5 nitrogen and oxygen atoms in total. The Hall–Kier alpha value is -1.10. The van der Waals surface area contributed by atoms with Gasteiger partial charge in [0.25, 0.3) is 0 Å². The number of hydrogen-bond donors (Lipinski definition) is 0. The zero-order valence-corrected chi connectivity index (χ0v) is 13.3. The first-order valence-corrected chi connectivity index (χ1v) is 8.39. The third-order valence-electron chi connectivity index (χ3n) is 4.52. The fraction of sp³-hybridized carbons (Fsp3) is 0.875. The molecule has 21 heavy (non-hydrogen) atoms. The van der Waals surface area contributed by atoms with E-state index in [0.29, 0.717) is 19.6 Å². The van der Waals surface area contributed by atoms with Crippen LogP contribution in [0.3, 0.4) is 0 Å². The van der Waals surface area contributed by atoms with Crippen LogP contribution in [0.15, 0.2) is 0 Å². The fourth-order valence-electron chi connectivity index (χ4n) is 3.29. The van der Waals surface area contributed by atoms with Gasteiger partial charge in [0.1, 0.15) is 12.1 Å². The topological polar surface area (TPSA) is 49.9 Å². The Kier molecular flexibility index (Phi) is 6.03. The number of piperidine rings is 1. The van der Waals surface area contributed by atoms with Crippen LogP contribution in [0.1, 0.15) is 52.4 Å². The van der Waals surface area contributed by atoms with Crippen LogP contribution < -0.4 is 0 Å². The number of rotatable bonds is 7. The molecule has 2 atom stereocenters. The Morgan fingerprint density at radius 2 is 1.95 bits per heavy atom. The summed E-state index contributed by atoms with van der Waals surface area (Å²) in [5.74, 6) is 0.260. The highest BCUT2D eigenvalue weighted by Crippen LogP contribution is 2.27. The minimum atomic E-state index is -0.290. The van der Waals surface area contributed by atoms with E-state index in [4.69, 9.17) is 4.74 Å². The number of carbonyl (C=O) groups excluding carboxylic acids is 2. The summed E-state index contributed by atoms with van der Waals surface area (Å²) in [7, 11) is 0. The maximum Gasteiger partial charge on any atom is 0.246 e. The van der Waals surface area contributed by atoms with E-state index in [1.165, 1.54) is 0 Å². The smallest absolute Gasteiger partial charge is 0.246 e. The van der Waals surface area contributed by atoms with Gasteiger partial charge in [-0.05, 0) is 32.1 Å². The van der Waals surface area contributed by atoms with Gasteiger partial charge in [-0.1, -0.05) is 20.3 Å². The van der Waals surface area contributed by atoms with E-state index in [0.717, 1.165) is 45.3 Å². The number of ether oxygens (including phenoxy) is 1. The molecule has 0 aliphatic carbocycles. The second kappa shape index (κ2) is 7.78. The van der Waals surface area contributed by atoms with Crippen molar-refractivity contribution in [1.82, 2.24) is 9.80 Å². The van der Waals surface area contributed by atoms with E-state index < -0.39 is 0 Å². The predicted molar refractivity (Wildman–Crippen MR) is 80.9 cm³/mol. The molecule has 0 aromatic heterocycles. The van der Waals surface area contributed by atoms with Gasteiger partial charge < -0.3 is 14.5 Å². The average Bonchev–Trinajstić information content (AvgIpc) is 2.52. The summed E-state index contributed by atoms with van der Waals surface area (Å²) in [6, 6.07) is -0.508. The van der Waals surface area contributed by atoms with Crippen LogP contribution in [0.4, 0.5) is 0 Å². The van der Waals surface area contributed by atoms with Crippen molar-refractivity contribution in [2.45, 2.75) is 64.5 Å². The summed E-state index contributed by atoms with van der Waals surface area (Å²) in [5, 5.41) is 0. The van der Waals surface area contributed by atoms with Crippen molar-refractivity contribution in [3.05, 3.63) is 0 Å². The second-order valence-corrected chi connectivity index (χ2v) is 5.96. The maximum atomic E-state index is 12.7. The molecule has 2 unspecified atom stereocenters. The Balaban J connectivity index is 1.97. The van der Waals surface area contributed by atoms with Gasteiger partial charge in [0.2, 0.25) is 11.8 Å². The van der Waals surface area contributed by atoms with Crippen LogP contribution in [0.5, 0.6) is 0 Å². The van der Waals surface area contributed by atoms with Crippen LogP contribution in [0.2, 0.25) is 0 Å². The molecule has 2 rings (SSSR count). The van der Waals surface area contributed by atoms with Gasteiger partial charge in [-0.2, -0.15) is 0 Å². The Morgan fingerprint density at radius 1 is 1.14 bits per heavy atom. The van der Waals surface area contributed by atoms with Crippen molar-refractivity contribution >= 4 is 11.8 Å². The standard InChI is InChI=1S/C16H28N2O3/c1-3-5-11-21-12-10-18-13(4-2)15(19)17-9-7-6-8-14(17)16(18)20/h13-14H,3-12H2,1-2H3. The first-order chi connectivity index (χ1) is 10.2. The van der Waals surface area contributed by atoms with Gasteiger partial charge >= 0.3 is 0 Å². The molecule has 5 heteroatoms. The molecule has 0 radical (unpaired) electrons. The van der Waals surface area contributed by atoms with Crippen molar-refractivity contribution < 1.29 is 14.3 Å². The lowest BCUT2D eigenvalue weighted by atomic mass is 9.94. The Bertz CT molecular complexity index is 373. The number of piperazine rings is 1. The number of carbonyl (C=O) groups is 2. The van der Waals surface area contributed by atoms with E-state index in [2.05, 4.69) is 6.92 Å². The van der Waals surface area contributed by atoms with Crippen molar-refractivity contribution in [1.29, 1.82) is 0 Å². The quantitative estimate of drug-likeness (QED) is 0.673. The van der Waals surface area contributed by atoms with Gasteiger partial charge in [-0.25, -0.2) is 0 Å². The summed E-state index contributed by atoms with van der Waals surface area (Å²) >= 11 is 0. The Morgan fingerprint density at radius 3 is 2.67 bits per heavy atom. The molecular formula is C16H28N2O3. The molecule has 120 valence electrons. The molecule has 0 spiro atoms. The summed E-state index contributed by atoms with van der Waals surface area (Å²) in [5.41, 5.74) is 0. The van der Waals surface area contributed by atoms with E-state index in [1.54, 1.807) is 4.90 Å². The fourth-order valence-corrected chi connectivity index (χ4v) is 3.29. The van der Waals surface area contributed by atoms with Crippen LogP contribution in [0, 0.1) is 0 Å². The molecule has 0 aromatic rings. The number of fused-ring (bicyclic) bond motifs is 1. The van der Waals surface area contributed by atoms with Crippen LogP contribution in [0.25, 0.3) is 0 Å². The molecule has 2 aliphatic rings. The summed E-state index contributed by atoms with van der Waals surface area (Å²) in [4.78, 5) is 28.8. The molecule has 0 saturated carbocycles. The predicted octanol–water partition coefficient (Wildman–Crippen LogP) is 1.80. The first kappa shape index (κ1) is 16.3. The molecule has 0 aromatic carbocycles. The second-order valence-electron chi connectivity index (χ2n) is 5.96. The van der Waals surface area contributed by atoms with E-state index in [9.17, 15) is 9.59 Å². The third kappa shape index (κ3) is 3.57. The molecule has 0 N–H and O–H groups in total. The normalized spacial score (nSPS) is 26.2. The number of nitrogens with zero attached hydrogens (tertiary/aromatic N) is 2. The van der Waals surface area contributed by atoms with E-state index >= 15 is 0 Å². The lowest BCUT2D eigenvalue weighted by molar-refractivity contribution is -0.164. The number of hydrogen-bond acceptors (Lipinski definition) is 3. The molecule has 2 saturated heterocycles. The molecule has 2 aliphatic heterocycles. The number of amides is 2. The van der Waals surface area contributed by atoms with Crippen molar-refractivity contribution in [3.63, 3.8) is 0 Å². The van der Waals surface area contributed by atoms with Crippen LogP contribution in [-0.2, 0) is 14.3 Å². The molecule has 2 heterocycles. The zero-order chi connectivity index (χ0) is 15.2.